The highest BCUT2D eigenvalue weighted by Crippen LogP contribution is 2.38. The predicted octanol–water partition coefficient (Wildman–Crippen LogP) is 3.46. The van der Waals surface area contributed by atoms with Gasteiger partial charge in [-0.1, -0.05) is 29.3 Å². The van der Waals surface area contributed by atoms with Crippen LogP contribution in [0.15, 0.2) is 12.1 Å². The average Bonchev–Trinajstić information content (AvgIpc) is 2.41. The Morgan fingerprint density at radius 2 is 1.85 bits per heavy atom. The molecule has 20 heavy (non-hydrogen) atoms. The minimum atomic E-state index is -0.564. The van der Waals surface area contributed by atoms with E-state index in [4.69, 9.17) is 23.2 Å². The predicted molar refractivity (Wildman–Crippen MR) is 85.8 cm³/mol. The average molecular weight is 366 g/mol. The molecule has 8 heteroatoms. The van der Waals surface area contributed by atoms with Crippen LogP contribution in [0.1, 0.15) is 11.6 Å². The molecule has 2 rings (SSSR count). The molecule has 0 bridgehead atoms. The lowest BCUT2D eigenvalue weighted by Crippen LogP contribution is -2.45. The van der Waals surface area contributed by atoms with Crippen molar-refractivity contribution in [1.29, 1.82) is 0 Å². The summed E-state index contributed by atoms with van der Waals surface area (Å²) in [6, 6.07) is 2.75. The van der Waals surface area contributed by atoms with Gasteiger partial charge < -0.3 is 10.4 Å². The van der Waals surface area contributed by atoms with Crippen molar-refractivity contribution in [3.05, 3.63) is 27.7 Å². The fourth-order valence-corrected chi connectivity index (χ4v) is 2.52. The summed E-state index contributed by atoms with van der Waals surface area (Å²) < 4.78 is 13.3. The Morgan fingerprint density at radius 1 is 1.25 bits per heavy atom. The van der Waals surface area contributed by atoms with Gasteiger partial charge in [-0.3, -0.25) is 4.90 Å². The molecular formula is C12H17Cl4FN2O. The SMILES string of the molecule is Cl.Cl.Oc1c([C@H](CF)N2CCNCC2)ccc(Cl)c1Cl. The summed E-state index contributed by atoms with van der Waals surface area (Å²) in [5.41, 5.74) is 0.494. The molecule has 0 unspecified atom stereocenters. The lowest BCUT2D eigenvalue weighted by atomic mass is 10.0. The van der Waals surface area contributed by atoms with Gasteiger partial charge >= 0.3 is 0 Å². The first-order valence-corrected chi connectivity index (χ1v) is 6.58. The Morgan fingerprint density at radius 3 is 2.40 bits per heavy atom. The van der Waals surface area contributed by atoms with Gasteiger partial charge in [0.25, 0.3) is 0 Å². The van der Waals surface area contributed by atoms with E-state index in [2.05, 4.69) is 5.32 Å². The number of nitrogens with zero attached hydrogens (tertiary/aromatic N) is 1. The third kappa shape index (κ3) is 4.26. The molecule has 1 atom stereocenters. The monoisotopic (exact) mass is 364 g/mol. The summed E-state index contributed by atoms with van der Waals surface area (Å²) in [6.45, 7) is 2.56. The largest absolute Gasteiger partial charge is 0.506 e. The molecule has 1 fully saturated rings. The number of halogens is 5. The molecule has 1 aliphatic heterocycles. The van der Waals surface area contributed by atoms with Crippen molar-refractivity contribution in [3.8, 4) is 5.75 Å². The zero-order valence-electron chi connectivity index (χ0n) is 10.6. The van der Waals surface area contributed by atoms with Crippen molar-refractivity contribution < 1.29 is 9.50 Å². The van der Waals surface area contributed by atoms with Gasteiger partial charge in [0, 0.05) is 31.7 Å². The fraction of sp³-hybridized carbons (Fsp3) is 0.500. The van der Waals surface area contributed by atoms with Crippen molar-refractivity contribution >= 4 is 48.0 Å². The number of benzene rings is 1. The van der Waals surface area contributed by atoms with Gasteiger partial charge in [0.05, 0.1) is 11.1 Å². The molecule has 0 amide bonds. The Labute approximate surface area is 140 Å². The van der Waals surface area contributed by atoms with E-state index >= 15 is 0 Å². The Bertz CT molecular complexity index is 430. The molecule has 3 nitrogen and oxygen atoms in total. The number of hydrogen-bond acceptors (Lipinski definition) is 3. The van der Waals surface area contributed by atoms with Gasteiger partial charge in [-0.05, 0) is 6.07 Å². The van der Waals surface area contributed by atoms with E-state index in [0.717, 1.165) is 26.2 Å². The van der Waals surface area contributed by atoms with E-state index in [9.17, 15) is 9.50 Å². The van der Waals surface area contributed by atoms with Crippen LogP contribution in [0.4, 0.5) is 4.39 Å². The topological polar surface area (TPSA) is 35.5 Å². The third-order valence-corrected chi connectivity index (χ3v) is 3.99. The van der Waals surface area contributed by atoms with Gasteiger partial charge in [-0.25, -0.2) is 4.39 Å². The second-order valence-corrected chi connectivity index (χ2v) is 5.04. The summed E-state index contributed by atoms with van der Waals surface area (Å²) in [5, 5.41) is 13.6. The molecule has 0 aliphatic carbocycles. The molecule has 1 saturated heterocycles. The lowest BCUT2D eigenvalue weighted by molar-refractivity contribution is 0.145. The summed E-state index contributed by atoms with van der Waals surface area (Å²) in [5.74, 6) is -0.120. The van der Waals surface area contributed by atoms with E-state index in [-0.39, 0.29) is 40.6 Å². The Hall–Kier alpha value is 0.0300. The highest BCUT2D eigenvalue weighted by Gasteiger charge is 2.25. The highest BCUT2D eigenvalue weighted by molar-refractivity contribution is 6.43. The summed E-state index contributed by atoms with van der Waals surface area (Å²) >= 11 is 11.7. The normalized spacial score (nSPS) is 16.9. The summed E-state index contributed by atoms with van der Waals surface area (Å²) in [7, 11) is 0. The molecule has 1 aromatic carbocycles. The first-order chi connectivity index (χ1) is 8.65. The number of hydrogen-bond donors (Lipinski definition) is 2. The van der Waals surface area contributed by atoms with Gasteiger partial charge in [-0.2, -0.15) is 0 Å². The Kier molecular flexibility index (Phi) is 9.14. The van der Waals surface area contributed by atoms with E-state index in [0.29, 0.717) is 5.56 Å². The molecule has 0 spiro atoms. The molecular weight excluding hydrogens is 349 g/mol. The summed E-state index contributed by atoms with van der Waals surface area (Å²) in [4.78, 5) is 2.00. The number of nitrogens with one attached hydrogen (secondary N) is 1. The zero-order valence-corrected chi connectivity index (χ0v) is 13.8. The van der Waals surface area contributed by atoms with Crippen molar-refractivity contribution in [2.45, 2.75) is 6.04 Å². The molecule has 1 heterocycles. The smallest absolute Gasteiger partial charge is 0.140 e. The number of phenols is 1. The van der Waals surface area contributed by atoms with Crippen LogP contribution >= 0.6 is 48.0 Å². The van der Waals surface area contributed by atoms with Gasteiger partial charge in [0.15, 0.2) is 0 Å². The van der Waals surface area contributed by atoms with Crippen LogP contribution in [-0.2, 0) is 0 Å². The molecule has 0 saturated carbocycles. The maximum absolute atomic E-state index is 13.3. The molecule has 1 aliphatic rings. The maximum atomic E-state index is 13.3. The lowest BCUT2D eigenvalue weighted by Gasteiger charge is -2.34. The van der Waals surface area contributed by atoms with Gasteiger partial charge in [-0.15, -0.1) is 24.8 Å². The van der Waals surface area contributed by atoms with Gasteiger partial charge in [0.2, 0.25) is 0 Å². The van der Waals surface area contributed by atoms with E-state index in [1.54, 1.807) is 12.1 Å². The standard InChI is InChI=1S/C12H15Cl2FN2O.2ClH/c13-9-2-1-8(12(18)11(9)14)10(7-15)17-5-3-16-4-6-17;;/h1-2,10,16,18H,3-7H2;2*1H/t10-;;/m0../s1. The summed E-state index contributed by atoms with van der Waals surface area (Å²) in [6.07, 6.45) is 0. The number of alkyl halides is 1. The number of aromatic hydroxyl groups is 1. The molecule has 116 valence electrons. The van der Waals surface area contributed by atoms with Crippen LogP contribution in [-0.4, -0.2) is 42.9 Å². The fourth-order valence-electron chi connectivity index (χ4n) is 2.19. The number of piperazine rings is 1. The first kappa shape index (κ1) is 20.0. The third-order valence-electron chi connectivity index (χ3n) is 3.20. The first-order valence-electron chi connectivity index (χ1n) is 5.82. The Balaban J connectivity index is 0.00000180. The highest BCUT2D eigenvalue weighted by atomic mass is 35.5. The number of phenolic OH excluding ortho intramolecular Hbond substituents is 1. The van der Waals surface area contributed by atoms with Crippen LogP contribution in [0.5, 0.6) is 5.75 Å². The van der Waals surface area contributed by atoms with Crippen LogP contribution in [0.25, 0.3) is 0 Å². The van der Waals surface area contributed by atoms with Crippen LogP contribution in [0.3, 0.4) is 0 Å². The van der Waals surface area contributed by atoms with E-state index in [1.165, 1.54) is 0 Å². The van der Waals surface area contributed by atoms with Crippen molar-refractivity contribution in [2.75, 3.05) is 32.9 Å². The van der Waals surface area contributed by atoms with Crippen molar-refractivity contribution in [3.63, 3.8) is 0 Å². The minimum absolute atomic E-state index is 0. The minimum Gasteiger partial charge on any atom is -0.506 e. The van der Waals surface area contributed by atoms with E-state index in [1.807, 2.05) is 4.90 Å². The molecule has 0 radical (unpaired) electrons. The van der Waals surface area contributed by atoms with Crippen LogP contribution in [0.2, 0.25) is 10.0 Å². The van der Waals surface area contributed by atoms with Crippen LogP contribution in [0, 0.1) is 0 Å². The quantitative estimate of drug-likeness (QED) is 0.860. The van der Waals surface area contributed by atoms with Gasteiger partial charge in [0.1, 0.15) is 17.4 Å². The zero-order chi connectivity index (χ0) is 13.1. The number of rotatable bonds is 3. The van der Waals surface area contributed by atoms with Crippen LogP contribution < -0.4 is 5.32 Å². The molecule has 2 N–H and O–H groups in total. The second-order valence-electron chi connectivity index (χ2n) is 4.26. The van der Waals surface area contributed by atoms with Crippen molar-refractivity contribution in [2.24, 2.45) is 0 Å². The van der Waals surface area contributed by atoms with Crippen molar-refractivity contribution in [1.82, 2.24) is 10.2 Å². The maximum Gasteiger partial charge on any atom is 0.140 e. The van der Waals surface area contributed by atoms with E-state index < -0.39 is 12.7 Å². The molecule has 0 aromatic heterocycles. The second kappa shape index (κ2) is 9.13. The molecule has 1 aromatic rings.